The van der Waals surface area contributed by atoms with Crippen LogP contribution in [-0.4, -0.2) is 138 Å². The van der Waals surface area contributed by atoms with Gasteiger partial charge in [-0.05, 0) is 60.4 Å². The number of carboxylic acids is 1. The number of anilines is 1. The quantitative estimate of drug-likeness (QED) is 0.115. The van der Waals surface area contributed by atoms with Crippen LogP contribution in [0.2, 0.25) is 0 Å². The Hall–Kier alpha value is -4.63. The molecule has 3 aromatic rings. The molecular formula is C42H46FNO15. The van der Waals surface area contributed by atoms with Crippen LogP contribution in [-0.2, 0) is 28.5 Å². The fraction of sp³-hybridized carbons (Fsp3) is 0.429. The number of aromatic hydroxyl groups is 1. The predicted octanol–water partition coefficient (Wildman–Crippen LogP) is 0.846. The summed E-state index contributed by atoms with van der Waals surface area (Å²) >= 11 is 0. The van der Waals surface area contributed by atoms with Crippen molar-refractivity contribution in [1.29, 1.82) is 0 Å². The topological polar surface area (TPSA) is 256 Å². The van der Waals surface area contributed by atoms with Crippen molar-refractivity contribution in [1.82, 2.24) is 0 Å². The minimum Gasteiger partial charge on any atom is -0.508 e. The third-order valence-corrected chi connectivity index (χ3v) is 11.4. The molecule has 3 heterocycles. The standard InChI is InChI=1S/C42H46FNO15/c1-42(55)37(51)34(50)41(59-38(42)40(53)54)58-29(21-11-14-24(43)15-12-21)19-56-36-30(44(39(36)52)25-5-3-2-4-6-25)26-16-13-23(17-27(26)46)20-7-9-22(10-8-20)35-33(49)32(48)31(47)28(18-45)57-35/h2-9,11-17,22,28-38,41,45-51,55H,10,18-19H2,1H3,(H,53,54)/t22-,28-,29+,30-,31-,32+,33-,34?,35?,36-,37?,38?,41-,42?/m1/s1. The second-order valence-corrected chi connectivity index (χ2v) is 15.3. The fourth-order valence-corrected chi connectivity index (χ4v) is 8.02. The number of aliphatic hydroxyl groups excluding tert-OH is 6. The summed E-state index contributed by atoms with van der Waals surface area (Å²) in [6.07, 6.45) is -10.8. The van der Waals surface area contributed by atoms with Gasteiger partial charge in [0.2, 0.25) is 0 Å². The van der Waals surface area contributed by atoms with E-state index in [4.69, 9.17) is 18.9 Å². The lowest BCUT2D eigenvalue weighted by molar-refractivity contribution is -0.330. The molecule has 0 spiro atoms. The Balaban J connectivity index is 1.12. The molecule has 3 saturated heterocycles. The summed E-state index contributed by atoms with van der Waals surface area (Å²) in [5.74, 6) is -3.27. The van der Waals surface area contributed by atoms with Crippen molar-refractivity contribution in [3.8, 4) is 5.75 Å². The lowest BCUT2D eigenvalue weighted by Crippen LogP contribution is -2.67. The summed E-state index contributed by atoms with van der Waals surface area (Å²) in [6, 6.07) is 17.6. The number of hydrogen-bond acceptors (Lipinski definition) is 14. The molecule has 9 N–H and O–H groups in total. The van der Waals surface area contributed by atoms with E-state index in [1.54, 1.807) is 54.6 Å². The van der Waals surface area contributed by atoms with Crippen LogP contribution in [0, 0.1) is 11.7 Å². The number of carbonyl (C=O) groups excluding carboxylic acids is 1. The molecule has 14 atom stereocenters. The molecule has 3 aliphatic heterocycles. The van der Waals surface area contributed by atoms with Crippen LogP contribution >= 0.6 is 0 Å². The molecule has 59 heavy (non-hydrogen) atoms. The van der Waals surface area contributed by atoms with Gasteiger partial charge in [-0.1, -0.05) is 60.7 Å². The SMILES string of the molecule is CC1(O)C(C(=O)O)O[C@@H](O[C@@H](CO[C@H]2C(=O)N(c3ccccc3)[C@@H]2c2ccc(C3=CC[C@H](C4O[C@H](CO)[C@@H](O)[C@H](O)[C@H]4O)C=C3)cc2O)c2ccc(F)cc2)C(O)C1O. The van der Waals surface area contributed by atoms with Crippen molar-refractivity contribution in [2.45, 2.75) is 92.3 Å². The van der Waals surface area contributed by atoms with E-state index in [-0.39, 0.29) is 11.3 Å². The average Bonchev–Trinajstić information content (AvgIpc) is 3.22. The van der Waals surface area contributed by atoms with Crippen LogP contribution in [0.15, 0.2) is 91.0 Å². The van der Waals surface area contributed by atoms with Crippen molar-refractivity contribution in [2.75, 3.05) is 18.1 Å². The van der Waals surface area contributed by atoms with Crippen LogP contribution < -0.4 is 4.90 Å². The van der Waals surface area contributed by atoms with E-state index in [9.17, 15) is 59.9 Å². The molecule has 3 fully saturated rings. The zero-order valence-corrected chi connectivity index (χ0v) is 31.6. The van der Waals surface area contributed by atoms with Crippen LogP contribution in [0.5, 0.6) is 5.75 Å². The van der Waals surface area contributed by atoms with Crippen LogP contribution in [0.4, 0.5) is 10.1 Å². The van der Waals surface area contributed by atoms with Crippen molar-refractivity contribution < 1.29 is 78.9 Å². The highest BCUT2D eigenvalue weighted by atomic mass is 19.1. The number of benzene rings is 3. The minimum absolute atomic E-state index is 0.175. The maximum atomic E-state index is 14.0. The number of phenols is 1. The summed E-state index contributed by atoms with van der Waals surface area (Å²) < 4.78 is 37.3. The summed E-state index contributed by atoms with van der Waals surface area (Å²) in [7, 11) is 0. The monoisotopic (exact) mass is 823 g/mol. The van der Waals surface area contributed by atoms with Gasteiger partial charge in [-0.15, -0.1) is 0 Å². The third kappa shape index (κ3) is 8.16. The third-order valence-electron chi connectivity index (χ3n) is 11.4. The van der Waals surface area contributed by atoms with Gasteiger partial charge in [-0.25, -0.2) is 9.18 Å². The number of phenolic OH excluding ortho intramolecular Hbond substituents is 1. The highest BCUT2D eigenvalue weighted by Gasteiger charge is 2.56. The van der Waals surface area contributed by atoms with Gasteiger partial charge in [0, 0.05) is 17.2 Å². The second kappa shape index (κ2) is 17.2. The number of carboxylic acid groups (broad SMARTS) is 1. The highest BCUT2D eigenvalue weighted by molar-refractivity contribution is 6.05. The summed E-state index contributed by atoms with van der Waals surface area (Å²) in [6.45, 7) is 0.00733. The first-order valence-electron chi connectivity index (χ1n) is 19.0. The van der Waals surface area contributed by atoms with E-state index >= 15 is 0 Å². The van der Waals surface area contributed by atoms with Crippen LogP contribution in [0.1, 0.15) is 42.2 Å². The van der Waals surface area contributed by atoms with E-state index in [1.165, 1.54) is 23.1 Å². The number of halogens is 1. The number of ether oxygens (including phenoxy) is 4. The zero-order valence-electron chi connectivity index (χ0n) is 31.6. The summed E-state index contributed by atoms with van der Waals surface area (Å²) in [5.41, 5.74) is 0.0422. The highest BCUT2D eigenvalue weighted by Crippen LogP contribution is 2.45. The number of aliphatic carboxylic acids is 1. The summed E-state index contributed by atoms with van der Waals surface area (Å²) in [4.78, 5) is 27.2. The molecule has 16 nitrogen and oxygen atoms in total. The number of nitrogens with zero attached hydrogens (tertiary/aromatic N) is 1. The molecule has 3 aromatic carbocycles. The number of rotatable bonds is 12. The normalized spacial score (nSPS) is 35.2. The molecule has 0 radical (unpaired) electrons. The summed E-state index contributed by atoms with van der Waals surface area (Å²) in [5, 5.41) is 93.9. The Morgan fingerprint density at radius 1 is 0.966 bits per heavy atom. The zero-order chi connectivity index (χ0) is 42.3. The molecule has 0 aromatic heterocycles. The number of para-hydroxylation sites is 1. The number of hydrogen-bond donors (Lipinski definition) is 9. The predicted molar refractivity (Wildman–Crippen MR) is 203 cm³/mol. The smallest absolute Gasteiger partial charge is 0.336 e. The number of amides is 1. The lowest BCUT2D eigenvalue weighted by Gasteiger charge is -2.47. The molecule has 1 aliphatic carbocycles. The van der Waals surface area contributed by atoms with Gasteiger partial charge in [-0.2, -0.15) is 0 Å². The molecule has 4 aliphatic rings. The molecular weight excluding hydrogens is 777 g/mol. The van der Waals surface area contributed by atoms with Crippen molar-refractivity contribution in [3.63, 3.8) is 0 Å². The van der Waals surface area contributed by atoms with E-state index in [2.05, 4.69) is 0 Å². The van der Waals surface area contributed by atoms with E-state index in [1.807, 2.05) is 6.08 Å². The molecule has 0 saturated carbocycles. The van der Waals surface area contributed by atoms with Crippen molar-refractivity contribution in [3.05, 3.63) is 114 Å². The fourth-order valence-electron chi connectivity index (χ4n) is 8.02. The van der Waals surface area contributed by atoms with Gasteiger partial charge in [0.05, 0.1) is 19.3 Å². The lowest BCUT2D eigenvalue weighted by atomic mass is 9.82. The van der Waals surface area contributed by atoms with Gasteiger partial charge < -0.3 is 64.9 Å². The Bertz CT molecular complexity index is 2040. The number of aliphatic hydroxyl groups is 7. The first-order valence-corrected chi connectivity index (χ1v) is 19.0. The Labute approximate surface area is 337 Å². The molecule has 316 valence electrons. The largest absolute Gasteiger partial charge is 0.508 e. The first-order chi connectivity index (χ1) is 28.1. The molecule has 5 unspecified atom stereocenters. The minimum atomic E-state index is -2.39. The van der Waals surface area contributed by atoms with Gasteiger partial charge >= 0.3 is 5.97 Å². The molecule has 7 rings (SSSR count). The van der Waals surface area contributed by atoms with Crippen molar-refractivity contribution >= 4 is 23.1 Å². The van der Waals surface area contributed by atoms with Crippen molar-refractivity contribution in [2.24, 2.45) is 5.92 Å². The van der Waals surface area contributed by atoms with E-state index in [0.29, 0.717) is 28.8 Å². The number of carbonyl (C=O) groups is 2. The van der Waals surface area contributed by atoms with Gasteiger partial charge in [-0.3, -0.25) is 9.69 Å². The van der Waals surface area contributed by atoms with Crippen LogP contribution in [0.25, 0.3) is 5.57 Å². The molecule has 1 amide bonds. The molecule has 17 heteroatoms. The maximum absolute atomic E-state index is 14.0. The first kappa shape index (κ1) is 42.5. The second-order valence-electron chi connectivity index (χ2n) is 15.3. The average molecular weight is 824 g/mol. The van der Waals surface area contributed by atoms with E-state index < -0.39 is 116 Å². The van der Waals surface area contributed by atoms with E-state index in [0.717, 1.165) is 19.1 Å². The Morgan fingerprint density at radius 3 is 2.31 bits per heavy atom. The van der Waals surface area contributed by atoms with Crippen LogP contribution in [0.3, 0.4) is 0 Å². The van der Waals surface area contributed by atoms with Gasteiger partial charge in [0.15, 0.2) is 18.5 Å². The Kier molecular flexibility index (Phi) is 12.4. The number of β-lactam (4-membered cyclic amide) rings is 1. The number of allylic oxidation sites excluding steroid dienone is 3. The molecule has 0 bridgehead atoms. The van der Waals surface area contributed by atoms with Gasteiger partial charge in [0.1, 0.15) is 65.9 Å². The van der Waals surface area contributed by atoms with Gasteiger partial charge in [0.25, 0.3) is 5.91 Å². The Morgan fingerprint density at radius 2 is 1.68 bits per heavy atom. The maximum Gasteiger partial charge on any atom is 0.336 e.